The van der Waals surface area contributed by atoms with Crippen LogP contribution in [0.15, 0.2) is 42.7 Å². The van der Waals surface area contributed by atoms with Gasteiger partial charge in [0, 0.05) is 25.5 Å². The highest BCUT2D eigenvalue weighted by molar-refractivity contribution is 6.00. The molecule has 1 saturated heterocycles. The predicted molar refractivity (Wildman–Crippen MR) is 95.9 cm³/mol. The van der Waals surface area contributed by atoms with Gasteiger partial charge in [0.2, 0.25) is 5.91 Å². The Bertz CT molecular complexity index is 1020. The number of halogens is 1. The monoisotopic (exact) mass is 368 g/mol. The predicted octanol–water partition coefficient (Wildman–Crippen LogP) is 1.45. The zero-order valence-electron chi connectivity index (χ0n) is 14.3. The number of hydrogen-bond donors (Lipinski definition) is 3. The van der Waals surface area contributed by atoms with Gasteiger partial charge in [-0.15, -0.1) is 0 Å². The van der Waals surface area contributed by atoms with Crippen LogP contribution in [0.4, 0.5) is 14.9 Å². The minimum Gasteiger partial charge on any atom is -0.382 e. The van der Waals surface area contributed by atoms with Crippen LogP contribution in [0.25, 0.3) is 5.65 Å². The molecule has 27 heavy (non-hydrogen) atoms. The molecule has 1 fully saturated rings. The summed E-state index contributed by atoms with van der Waals surface area (Å²) < 4.78 is 15.3. The van der Waals surface area contributed by atoms with Crippen molar-refractivity contribution in [1.82, 2.24) is 25.2 Å². The molecular formula is C18H17FN6O2. The highest BCUT2D eigenvalue weighted by atomic mass is 19.1. The summed E-state index contributed by atoms with van der Waals surface area (Å²) in [7, 11) is 0. The molecule has 3 amide bonds. The molecule has 1 aliphatic rings. The molecule has 138 valence electrons. The summed E-state index contributed by atoms with van der Waals surface area (Å²) in [5.74, 6) is -1.24. The fourth-order valence-corrected chi connectivity index (χ4v) is 3.04. The normalized spacial score (nSPS) is 16.9. The van der Waals surface area contributed by atoms with E-state index in [1.54, 1.807) is 41.2 Å². The lowest BCUT2D eigenvalue weighted by atomic mass is 10.0. The molecule has 0 saturated carbocycles. The summed E-state index contributed by atoms with van der Waals surface area (Å²) in [4.78, 5) is 27.7. The Morgan fingerprint density at radius 3 is 2.96 bits per heavy atom. The quantitative estimate of drug-likeness (QED) is 0.633. The molecule has 3 heterocycles. The smallest absolute Gasteiger partial charge is 0.321 e. The molecule has 1 aromatic carbocycles. The largest absolute Gasteiger partial charge is 0.382 e. The van der Waals surface area contributed by atoms with Crippen molar-refractivity contribution in [3.63, 3.8) is 0 Å². The third-order valence-electron chi connectivity index (χ3n) is 4.42. The zero-order chi connectivity index (χ0) is 18.8. The summed E-state index contributed by atoms with van der Waals surface area (Å²) in [6.45, 7) is 0.660. The summed E-state index contributed by atoms with van der Waals surface area (Å²) >= 11 is 0. The zero-order valence-corrected chi connectivity index (χ0v) is 14.3. The van der Waals surface area contributed by atoms with Crippen LogP contribution in [-0.2, 0) is 11.2 Å². The van der Waals surface area contributed by atoms with Crippen LogP contribution in [0.2, 0.25) is 0 Å². The summed E-state index contributed by atoms with van der Waals surface area (Å²) in [6.07, 6.45) is 3.79. The molecular weight excluding hydrogens is 351 g/mol. The molecule has 4 rings (SSSR count). The molecule has 0 spiro atoms. The molecule has 0 radical (unpaired) electrons. The van der Waals surface area contributed by atoms with Gasteiger partial charge in [0.25, 0.3) is 0 Å². The highest BCUT2D eigenvalue weighted by Gasteiger charge is 2.29. The number of hydrogen-bond acceptors (Lipinski definition) is 5. The van der Waals surface area contributed by atoms with Crippen LogP contribution in [0.5, 0.6) is 0 Å². The van der Waals surface area contributed by atoms with Crippen molar-refractivity contribution in [3.8, 4) is 0 Å². The lowest BCUT2D eigenvalue weighted by Crippen LogP contribution is -2.51. The number of imidazole rings is 1. The molecule has 1 aliphatic heterocycles. The summed E-state index contributed by atoms with van der Waals surface area (Å²) in [5, 5.41) is 12.5. The first-order chi connectivity index (χ1) is 13.1. The number of carbonyl (C=O) groups is 2. The molecule has 3 aromatic rings. The topological polar surface area (TPSA) is 100 Å². The standard InChI is InChI=1S/C18H17FN6O2/c19-13-4-2-1-3-11(13)5-6-20-15-9-14(24-25-8-7-21-16(15)25)12-10-22-18(27)23-17(12)26/h1-4,7-9,12,20H,5-6,10H2,(H2,22,23,26,27). The second kappa shape index (κ2) is 7.02. The first-order valence-electron chi connectivity index (χ1n) is 8.52. The Balaban J connectivity index is 1.56. The van der Waals surface area contributed by atoms with Gasteiger partial charge in [-0.05, 0) is 24.1 Å². The number of fused-ring (bicyclic) bond motifs is 1. The van der Waals surface area contributed by atoms with Crippen LogP contribution >= 0.6 is 0 Å². The van der Waals surface area contributed by atoms with E-state index in [1.165, 1.54) is 6.07 Å². The van der Waals surface area contributed by atoms with Crippen LogP contribution in [0.1, 0.15) is 17.2 Å². The van der Waals surface area contributed by atoms with Crippen LogP contribution in [-0.4, -0.2) is 39.6 Å². The fourth-order valence-electron chi connectivity index (χ4n) is 3.04. The maximum absolute atomic E-state index is 13.8. The Kier molecular flexibility index (Phi) is 4.41. The van der Waals surface area contributed by atoms with E-state index < -0.39 is 17.9 Å². The SMILES string of the molecule is O=C1NCC(c2cc(NCCc3ccccc3F)c3nccn3n2)C(=O)N1. The first-order valence-corrected chi connectivity index (χ1v) is 8.52. The number of anilines is 1. The third kappa shape index (κ3) is 3.43. The molecule has 0 bridgehead atoms. The Morgan fingerprint density at radius 2 is 2.15 bits per heavy atom. The molecule has 2 aromatic heterocycles. The second-order valence-electron chi connectivity index (χ2n) is 6.20. The molecule has 0 aliphatic carbocycles. The van der Waals surface area contributed by atoms with E-state index in [-0.39, 0.29) is 12.4 Å². The van der Waals surface area contributed by atoms with E-state index >= 15 is 0 Å². The molecule has 1 unspecified atom stereocenters. The van der Waals surface area contributed by atoms with Gasteiger partial charge < -0.3 is 10.6 Å². The maximum Gasteiger partial charge on any atom is 0.321 e. The number of benzene rings is 1. The number of aromatic nitrogens is 3. The lowest BCUT2D eigenvalue weighted by Gasteiger charge is -2.22. The van der Waals surface area contributed by atoms with E-state index in [4.69, 9.17) is 0 Å². The van der Waals surface area contributed by atoms with Gasteiger partial charge in [-0.3, -0.25) is 10.1 Å². The van der Waals surface area contributed by atoms with Crippen molar-refractivity contribution < 1.29 is 14.0 Å². The van der Waals surface area contributed by atoms with E-state index in [1.807, 2.05) is 0 Å². The number of nitrogens with one attached hydrogen (secondary N) is 3. The van der Waals surface area contributed by atoms with Crippen LogP contribution in [0.3, 0.4) is 0 Å². The van der Waals surface area contributed by atoms with E-state index in [0.717, 1.165) is 0 Å². The first kappa shape index (κ1) is 17.0. The van der Waals surface area contributed by atoms with Crippen molar-refractivity contribution in [3.05, 3.63) is 59.8 Å². The summed E-state index contributed by atoms with van der Waals surface area (Å²) in [5.41, 5.74) is 2.41. The number of urea groups is 1. The Hall–Kier alpha value is -3.49. The van der Waals surface area contributed by atoms with Gasteiger partial charge in [0.1, 0.15) is 5.82 Å². The average Bonchev–Trinajstić information content (AvgIpc) is 3.12. The number of nitrogens with zero attached hydrogens (tertiary/aromatic N) is 3. The van der Waals surface area contributed by atoms with Gasteiger partial charge in [-0.2, -0.15) is 5.10 Å². The number of rotatable bonds is 5. The van der Waals surface area contributed by atoms with E-state index in [0.29, 0.717) is 35.6 Å². The van der Waals surface area contributed by atoms with Crippen molar-refractivity contribution in [2.75, 3.05) is 18.4 Å². The van der Waals surface area contributed by atoms with Gasteiger partial charge in [-0.1, -0.05) is 18.2 Å². The number of carbonyl (C=O) groups excluding carboxylic acids is 2. The number of imide groups is 1. The van der Waals surface area contributed by atoms with Gasteiger partial charge in [0.15, 0.2) is 5.65 Å². The van der Waals surface area contributed by atoms with Crippen molar-refractivity contribution in [2.24, 2.45) is 0 Å². The average molecular weight is 368 g/mol. The van der Waals surface area contributed by atoms with Gasteiger partial charge >= 0.3 is 6.03 Å². The summed E-state index contributed by atoms with van der Waals surface area (Å²) in [6, 6.07) is 7.86. The van der Waals surface area contributed by atoms with Crippen molar-refractivity contribution in [1.29, 1.82) is 0 Å². The lowest BCUT2D eigenvalue weighted by molar-refractivity contribution is -0.122. The molecule has 1 atom stereocenters. The van der Waals surface area contributed by atoms with E-state index in [9.17, 15) is 14.0 Å². The molecule has 3 N–H and O–H groups in total. The van der Waals surface area contributed by atoms with Crippen LogP contribution in [0, 0.1) is 5.82 Å². The van der Waals surface area contributed by atoms with Crippen molar-refractivity contribution in [2.45, 2.75) is 12.3 Å². The Morgan fingerprint density at radius 1 is 1.30 bits per heavy atom. The fraction of sp³-hybridized carbons (Fsp3) is 0.222. The van der Waals surface area contributed by atoms with Crippen molar-refractivity contribution >= 4 is 23.3 Å². The number of amides is 3. The minimum atomic E-state index is -0.596. The second-order valence-corrected chi connectivity index (χ2v) is 6.20. The third-order valence-corrected chi connectivity index (χ3v) is 4.42. The highest BCUT2D eigenvalue weighted by Crippen LogP contribution is 2.22. The van der Waals surface area contributed by atoms with Gasteiger partial charge in [-0.25, -0.2) is 18.7 Å². The van der Waals surface area contributed by atoms with Crippen LogP contribution < -0.4 is 16.0 Å². The molecule has 8 nitrogen and oxygen atoms in total. The minimum absolute atomic E-state index is 0.173. The Labute approximate surface area is 153 Å². The molecule has 9 heteroatoms. The van der Waals surface area contributed by atoms with E-state index in [2.05, 4.69) is 26.0 Å². The maximum atomic E-state index is 13.8. The van der Waals surface area contributed by atoms with Gasteiger partial charge in [0.05, 0.1) is 17.3 Å².